The average molecular weight is 389 g/mol. The van der Waals surface area contributed by atoms with E-state index in [1.165, 1.54) is 17.0 Å². The maximum absolute atomic E-state index is 13.1. The van der Waals surface area contributed by atoms with Crippen LogP contribution in [0.5, 0.6) is 0 Å². The molecule has 7 nitrogen and oxygen atoms in total. The second kappa shape index (κ2) is 8.08. The van der Waals surface area contributed by atoms with Crippen molar-refractivity contribution in [1.82, 2.24) is 14.7 Å². The third-order valence-corrected chi connectivity index (χ3v) is 5.64. The van der Waals surface area contributed by atoms with Crippen LogP contribution in [0.4, 0.5) is 9.18 Å². The van der Waals surface area contributed by atoms with Crippen LogP contribution in [0.15, 0.2) is 24.3 Å². The van der Waals surface area contributed by atoms with E-state index in [0.717, 1.165) is 34.6 Å². The molecule has 1 heterocycles. The molecular formula is C20H24FN3O4. The summed E-state index contributed by atoms with van der Waals surface area (Å²) in [6.45, 7) is 1.27. The number of carbonyl (C=O) groups excluding carboxylic acids is 4. The Morgan fingerprint density at radius 2 is 1.71 bits per heavy atom. The van der Waals surface area contributed by atoms with E-state index in [1.54, 1.807) is 26.1 Å². The molecule has 0 unspecified atom stereocenters. The lowest BCUT2D eigenvalue weighted by molar-refractivity contribution is -0.145. The van der Waals surface area contributed by atoms with Crippen molar-refractivity contribution < 1.29 is 23.6 Å². The maximum Gasteiger partial charge on any atom is 0.334 e. The molecule has 1 aliphatic heterocycles. The quantitative estimate of drug-likeness (QED) is 0.573. The molecule has 1 aliphatic carbocycles. The predicted molar refractivity (Wildman–Crippen MR) is 98.4 cm³/mol. The van der Waals surface area contributed by atoms with Gasteiger partial charge in [-0.3, -0.25) is 19.3 Å². The minimum absolute atomic E-state index is 0.270. The molecule has 150 valence electrons. The number of benzene rings is 1. The molecule has 1 atom stereocenters. The largest absolute Gasteiger partial charge is 0.337 e. The normalized spacial score (nSPS) is 19.3. The van der Waals surface area contributed by atoms with Crippen LogP contribution in [0, 0.1) is 5.82 Å². The Morgan fingerprint density at radius 1 is 1.11 bits per heavy atom. The van der Waals surface area contributed by atoms with Gasteiger partial charge in [0.05, 0.1) is 6.04 Å². The summed E-state index contributed by atoms with van der Waals surface area (Å²) in [5.41, 5.74) is 0.719. The van der Waals surface area contributed by atoms with Gasteiger partial charge < -0.3 is 4.90 Å². The second-order valence-electron chi connectivity index (χ2n) is 7.37. The van der Waals surface area contributed by atoms with Crippen molar-refractivity contribution >= 4 is 23.8 Å². The van der Waals surface area contributed by atoms with Crippen LogP contribution < -0.4 is 0 Å². The fraction of sp³-hybridized carbons (Fsp3) is 0.500. The Morgan fingerprint density at radius 3 is 2.32 bits per heavy atom. The highest BCUT2D eigenvalue weighted by Gasteiger charge is 2.48. The van der Waals surface area contributed by atoms with E-state index in [0.29, 0.717) is 12.8 Å². The Balaban J connectivity index is 1.68. The van der Waals surface area contributed by atoms with Crippen LogP contribution in [-0.4, -0.2) is 58.1 Å². The van der Waals surface area contributed by atoms with Gasteiger partial charge in [-0.15, -0.1) is 0 Å². The number of likely N-dealkylation sites (N-methyl/N-ethyl adjacent to an activating group) is 1. The number of hydrogen-bond donors (Lipinski definition) is 0. The van der Waals surface area contributed by atoms with Gasteiger partial charge in [-0.05, 0) is 37.5 Å². The van der Waals surface area contributed by atoms with Crippen LogP contribution in [0.2, 0.25) is 0 Å². The zero-order valence-electron chi connectivity index (χ0n) is 16.1. The molecule has 0 N–H and O–H groups in total. The molecule has 2 fully saturated rings. The highest BCUT2D eigenvalue weighted by Crippen LogP contribution is 2.27. The standard InChI is InChI=1S/C20H24FN3O4/c1-13(14-8-10-15(21)11-9-14)22(2)17(25)12-23-18(26)19(27)24(20(23)28)16-6-4-3-5-7-16/h8-11,13,16H,3-7,12H2,1-2H3/t13-/m0/s1. The van der Waals surface area contributed by atoms with Gasteiger partial charge in [0.2, 0.25) is 5.91 Å². The zero-order valence-corrected chi connectivity index (χ0v) is 16.1. The topological polar surface area (TPSA) is 78.0 Å². The van der Waals surface area contributed by atoms with Crippen molar-refractivity contribution in [2.45, 2.75) is 51.1 Å². The van der Waals surface area contributed by atoms with Gasteiger partial charge in [-0.1, -0.05) is 31.4 Å². The first kappa shape index (κ1) is 20.0. The minimum Gasteiger partial charge on any atom is -0.337 e. The van der Waals surface area contributed by atoms with E-state index in [1.807, 2.05) is 0 Å². The van der Waals surface area contributed by atoms with Crippen molar-refractivity contribution in [1.29, 1.82) is 0 Å². The van der Waals surface area contributed by atoms with Gasteiger partial charge in [0.15, 0.2) is 0 Å². The van der Waals surface area contributed by atoms with Crippen molar-refractivity contribution in [2.75, 3.05) is 13.6 Å². The highest BCUT2D eigenvalue weighted by atomic mass is 19.1. The summed E-state index contributed by atoms with van der Waals surface area (Å²) >= 11 is 0. The first-order valence-electron chi connectivity index (χ1n) is 9.51. The zero-order chi connectivity index (χ0) is 20.4. The first-order valence-corrected chi connectivity index (χ1v) is 9.51. The van der Waals surface area contributed by atoms with Gasteiger partial charge in [0.25, 0.3) is 0 Å². The van der Waals surface area contributed by atoms with Crippen molar-refractivity contribution in [2.24, 2.45) is 0 Å². The summed E-state index contributed by atoms with van der Waals surface area (Å²) in [5, 5.41) is 0. The molecule has 0 bridgehead atoms. The van der Waals surface area contributed by atoms with Gasteiger partial charge in [0, 0.05) is 13.1 Å². The van der Waals surface area contributed by atoms with Gasteiger partial charge in [-0.25, -0.2) is 14.1 Å². The third kappa shape index (κ3) is 3.76. The van der Waals surface area contributed by atoms with Crippen molar-refractivity contribution in [3.63, 3.8) is 0 Å². The molecular weight excluding hydrogens is 365 g/mol. The SMILES string of the molecule is C[C@@H](c1ccc(F)cc1)N(C)C(=O)CN1C(=O)C(=O)N(C2CCCCC2)C1=O. The number of rotatable bonds is 5. The number of hydrogen-bond acceptors (Lipinski definition) is 4. The molecule has 0 radical (unpaired) electrons. The minimum atomic E-state index is -0.952. The van der Waals surface area contributed by atoms with Gasteiger partial charge >= 0.3 is 17.8 Å². The maximum atomic E-state index is 13.1. The lowest BCUT2D eigenvalue weighted by atomic mass is 9.94. The summed E-state index contributed by atoms with van der Waals surface area (Å²) in [7, 11) is 1.54. The Labute approximate surface area is 163 Å². The number of imide groups is 2. The lowest BCUT2D eigenvalue weighted by Gasteiger charge is -2.29. The summed E-state index contributed by atoms with van der Waals surface area (Å²) in [5.74, 6) is -2.65. The molecule has 1 aromatic carbocycles. The average Bonchev–Trinajstić information content (AvgIpc) is 2.91. The number of amides is 5. The third-order valence-electron chi connectivity index (χ3n) is 5.64. The summed E-state index contributed by atoms with van der Waals surface area (Å²) in [6.07, 6.45) is 4.25. The number of carbonyl (C=O) groups is 4. The summed E-state index contributed by atoms with van der Waals surface area (Å²) in [6, 6.07) is 4.39. The molecule has 1 aromatic rings. The molecule has 0 aromatic heterocycles. The smallest absolute Gasteiger partial charge is 0.334 e. The monoisotopic (exact) mass is 389 g/mol. The molecule has 1 saturated carbocycles. The van der Waals surface area contributed by atoms with E-state index in [-0.39, 0.29) is 17.9 Å². The molecule has 5 amide bonds. The van der Waals surface area contributed by atoms with E-state index in [4.69, 9.17) is 0 Å². The summed E-state index contributed by atoms with van der Waals surface area (Å²) in [4.78, 5) is 53.1. The molecule has 1 saturated heterocycles. The van der Waals surface area contributed by atoms with E-state index in [2.05, 4.69) is 0 Å². The summed E-state index contributed by atoms with van der Waals surface area (Å²) < 4.78 is 13.1. The van der Waals surface area contributed by atoms with E-state index < -0.39 is 30.3 Å². The van der Waals surface area contributed by atoms with Crippen LogP contribution >= 0.6 is 0 Å². The van der Waals surface area contributed by atoms with Crippen LogP contribution in [0.1, 0.15) is 50.6 Å². The Hall–Kier alpha value is -2.77. The van der Waals surface area contributed by atoms with E-state index >= 15 is 0 Å². The van der Waals surface area contributed by atoms with Crippen molar-refractivity contribution in [3.8, 4) is 0 Å². The lowest BCUT2D eigenvalue weighted by Crippen LogP contribution is -2.45. The fourth-order valence-electron chi connectivity index (χ4n) is 3.75. The number of halogens is 1. The second-order valence-corrected chi connectivity index (χ2v) is 7.37. The molecule has 0 spiro atoms. The van der Waals surface area contributed by atoms with Crippen LogP contribution in [0.25, 0.3) is 0 Å². The van der Waals surface area contributed by atoms with Gasteiger partial charge in [0.1, 0.15) is 12.4 Å². The van der Waals surface area contributed by atoms with Crippen LogP contribution in [-0.2, 0) is 14.4 Å². The fourth-order valence-corrected chi connectivity index (χ4v) is 3.75. The molecule has 3 rings (SSSR count). The van der Waals surface area contributed by atoms with Crippen molar-refractivity contribution in [3.05, 3.63) is 35.6 Å². The molecule has 8 heteroatoms. The predicted octanol–water partition coefficient (Wildman–Crippen LogP) is 2.47. The number of nitrogens with zero attached hydrogens (tertiary/aromatic N) is 3. The molecule has 2 aliphatic rings. The highest BCUT2D eigenvalue weighted by molar-refractivity contribution is 6.45. The molecule has 28 heavy (non-hydrogen) atoms. The Kier molecular flexibility index (Phi) is 5.76. The first-order chi connectivity index (χ1) is 13.3. The Bertz CT molecular complexity index is 789. The van der Waals surface area contributed by atoms with Gasteiger partial charge in [-0.2, -0.15) is 0 Å². The number of urea groups is 1. The van der Waals surface area contributed by atoms with Crippen LogP contribution in [0.3, 0.4) is 0 Å². The van der Waals surface area contributed by atoms with E-state index in [9.17, 15) is 23.6 Å².